The van der Waals surface area contributed by atoms with Crippen LogP contribution >= 0.6 is 0 Å². The van der Waals surface area contributed by atoms with E-state index in [2.05, 4.69) is 17.1 Å². The number of rotatable bonds is 5. The summed E-state index contributed by atoms with van der Waals surface area (Å²) in [5.74, 6) is 0.848. The quantitative estimate of drug-likeness (QED) is 0.743. The summed E-state index contributed by atoms with van der Waals surface area (Å²) in [7, 11) is 0. The molecule has 0 radical (unpaired) electrons. The van der Waals surface area contributed by atoms with Gasteiger partial charge in [-0.2, -0.15) is 0 Å². The number of hydrogen-bond acceptors (Lipinski definition) is 3. The normalized spacial score (nSPS) is 27.1. The minimum atomic E-state index is -0.0422. The van der Waals surface area contributed by atoms with Gasteiger partial charge in [-0.15, -0.1) is 0 Å². The fourth-order valence-electron chi connectivity index (χ4n) is 2.53. The van der Waals surface area contributed by atoms with Crippen LogP contribution in [0.3, 0.4) is 0 Å². The summed E-state index contributed by atoms with van der Waals surface area (Å²) < 4.78 is 0. The van der Waals surface area contributed by atoms with Crippen LogP contribution in [0.25, 0.3) is 0 Å². The molecule has 0 bridgehead atoms. The zero-order valence-corrected chi connectivity index (χ0v) is 11.2. The van der Waals surface area contributed by atoms with Gasteiger partial charge in [0.25, 0.3) is 0 Å². The van der Waals surface area contributed by atoms with Crippen LogP contribution in [0.15, 0.2) is 0 Å². The standard InChI is InChI=1S/C13H25N3O/c1-4-9(2)15-12(17)10(3)16-7-13(14,8-16)11-5-6-11/h9-11H,4-8,14H2,1-3H3,(H,15,17). The van der Waals surface area contributed by atoms with Gasteiger partial charge in [-0.05, 0) is 39.0 Å². The van der Waals surface area contributed by atoms with Crippen LogP contribution in [0.4, 0.5) is 0 Å². The first-order valence-corrected chi connectivity index (χ1v) is 6.79. The molecule has 0 aromatic heterocycles. The Bertz CT molecular complexity index is 295. The summed E-state index contributed by atoms with van der Waals surface area (Å²) in [6.07, 6.45) is 3.52. The Balaban J connectivity index is 1.78. The summed E-state index contributed by atoms with van der Waals surface area (Å²) in [6.45, 7) is 7.86. The average Bonchev–Trinajstić information content (AvgIpc) is 3.07. The van der Waals surface area contributed by atoms with Gasteiger partial charge in [0.15, 0.2) is 0 Å². The molecule has 2 fully saturated rings. The Morgan fingerprint density at radius 1 is 1.47 bits per heavy atom. The zero-order valence-electron chi connectivity index (χ0n) is 11.2. The Kier molecular flexibility index (Phi) is 3.46. The molecule has 3 N–H and O–H groups in total. The Morgan fingerprint density at radius 3 is 2.53 bits per heavy atom. The zero-order chi connectivity index (χ0) is 12.6. The number of nitrogens with two attached hydrogens (primary N) is 1. The maximum Gasteiger partial charge on any atom is 0.237 e. The van der Waals surface area contributed by atoms with Crippen molar-refractivity contribution in [2.75, 3.05) is 13.1 Å². The van der Waals surface area contributed by atoms with Crippen molar-refractivity contribution in [1.82, 2.24) is 10.2 Å². The molecule has 4 heteroatoms. The predicted octanol–water partition coefficient (Wildman–Crippen LogP) is 0.713. The molecule has 0 spiro atoms. The molecular formula is C13H25N3O. The van der Waals surface area contributed by atoms with E-state index in [0.29, 0.717) is 5.92 Å². The first-order valence-electron chi connectivity index (χ1n) is 6.79. The molecule has 1 aliphatic carbocycles. The predicted molar refractivity (Wildman–Crippen MR) is 68.6 cm³/mol. The molecule has 2 unspecified atom stereocenters. The number of hydrogen-bond donors (Lipinski definition) is 2. The van der Waals surface area contributed by atoms with Gasteiger partial charge >= 0.3 is 0 Å². The van der Waals surface area contributed by atoms with Crippen molar-refractivity contribution in [3.63, 3.8) is 0 Å². The van der Waals surface area contributed by atoms with Gasteiger partial charge in [0.1, 0.15) is 0 Å². The van der Waals surface area contributed by atoms with Crippen LogP contribution < -0.4 is 11.1 Å². The monoisotopic (exact) mass is 239 g/mol. The second kappa shape index (κ2) is 4.58. The Labute approximate surface area is 104 Å². The molecule has 17 heavy (non-hydrogen) atoms. The van der Waals surface area contributed by atoms with Gasteiger partial charge in [-0.1, -0.05) is 6.92 Å². The number of carbonyl (C=O) groups is 1. The van der Waals surface area contributed by atoms with E-state index >= 15 is 0 Å². The molecule has 1 amide bonds. The molecular weight excluding hydrogens is 214 g/mol. The van der Waals surface area contributed by atoms with E-state index in [-0.39, 0.29) is 23.5 Å². The van der Waals surface area contributed by atoms with Crippen LogP contribution in [-0.2, 0) is 4.79 Å². The highest BCUT2D eigenvalue weighted by atomic mass is 16.2. The lowest BCUT2D eigenvalue weighted by molar-refractivity contribution is -0.130. The minimum Gasteiger partial charge on any atom is -0.352 e. The molecule has 1 saturated heterocycles. The largest absolute Gasteiger partial charge is 0.352 e. The highest BCUT2D eigenvalue weighted by Crippen LogP contribution is 2.43. The van der Waals surface area contributed by atoms with Crippen molar-refractivity contribution in [3.8, 4) is 0 Å². The maximum absolute atomic E-state index is 11.9. The number of nitrogens with zero attached hydrogens (tertiary/aromatic N) is 1. The summed E-state index contributed by atoms with van der Waals surface area (Å²) in [6, 6.07) is 0.219. The Hall–Kier alpha value is -0.610. The molecule has 2 atom stereocenters. The molecule has 1 heterocycles. The molecule has 98 valence electrons. The van der Waals surface area contributed by atoms with Crippen molar-refractivity contribution >= 4 is 5.91 Å². The highest BCUT2D eigenvalue weighted by Gasteiger charge is 2.51. The average molecular weight is 239 g/mol. The lowest BCUT2D eigenvalue weighted by Gasteiger charge is -2.50. The number of amides is 1. The molecule has 1 aliphatic heterocycles. The second-order valence-electron chi connectivity index (χ2n) is 5.91. The summed E-state index contributed by atoms with van der Waals surface area (Å²) in [5, 5.41) is 3.03. The molecule has 2 aliphatic rings. The van der Waals surface area contributed by atoms with Gasteiger partial charge in [-0.25, -0.2) is 0 Å². The fourth-order valence-corrected chi connectivity index (χ4v) is 2.53. The van der Waals surface area contributed by atoms with Crippen molar-refractivity contribution in [2.24, 2.45) is 11.7 Å². The van der Waals surface area contributed by atoms with Crippen LogP contribution in [0.5, 0.6) is 0 Å². The van der Waals surface area contributed by atoms with E-state index in [4.69, 9.17) is 5.73 Å². The highest BCUT2D eigenvalue weighted by molar-refractivity contribution is 5.81. The van der Waals surface area contributed by atoms with Crippen molar-refractivity contribution in [2.45, 2.75) is 57.7 Å². The Morgan fingerprint density at radius 2 is 2.06 bits per heavy atom. The minimum absolute atomic E-state index is 0.00487. The van der Waals surface area contributed by atoms with Gasteiger partial charge in [0.2, 0.25) is 5.91 Å². The van der Waals surface area contributed by atoms with E-state index in [9.17, 15) is 4.79 Å². The molecule has 1 saturated carbocycles. The number of likely N-dealkylation sites (tertiary alicyclic amines) is 1. The lowest BCUT2D eigenvalue weighted by atomic mass is 9.84. The van der Waals surface area contributed by atoms with Gasteiger partial charge in [-0.3, -0.25) is 9.69 Å². The van der Waals surface area contributed by atoms with E-state index in [1.165, 1.54) is 12.8 Å². The third kappa shape index (κ3) is 2.63. The van der Waals surface area contributed by atoms with Crippen LogP contribution in [0, 0.1) is 5.92 Å². The van der Waals surface area contributed by atoms with Crippen molar-refractivity contribution in [1.29, 1.82) is 0 Å². The second-order valence-corrected chi connectivity index (χ2v) is 5.91. The van der Waals surface area contributed by atoms with Gasteiger partial charge < -0.3 is 11.1 Å². The third-order valence-electron chi connectivity index (χ3n) is 4.31. The van der Waals surface area contributed by atoms with Crippen LogP contribution in [0.1, 0.15) is 40.0 Å². The van der Waals surface area contributed by atoms with Crippen LogP contribution in [0.2, 0.25) is 0 Å². The SMILES string of the molecule is CCC(C)NC(=O)C(C)N1CC(N)(C2CC2)C1. The summed E-state index contributed by atoms with van der Waals surface area (Å²) in [4.78, 5) is 14.1. The molecule has 0 aromatic rings. The number of nitrogens with one attached hydrogen (secondary N) is 1. The molecule has 4 nitrogen and oxygen atoms in total. The van der Waals surface area contributed by atoms with Gasteiger partial charge in [0, 0.05) is 24.7 Å². The third-order valence-corrected chi connectivity index (χ3v) is 4.31. The summed E-state index contributed by atoms with van der Waals surface area (Å²) in [5.41, 5.74) is 6.30. The van der Waals surface area contributed by atoms with E-state index in [0.717, 1.165) is 19.5 Å². The lowest BCUT2D eigenvalue weighted by Crippen LogP contribution is -2.72. The fraction of sp³-hybridized carbons (Fsp3) is 0.923. The summed E-state index contributed by atoms with van der Waals surface area (Å²) >= 11 is 0. The van der Waals surface area contributed by atoms with Crippen molar-refractivity contribution in [3.05, 3.63) is 0 Å². The van der Waals surface area contributed by atoms with E-state index in [1.54, 1.807) is 0 Å². The first-order chi connectivity index (χ1) is 7.96. The van der Waals surface area contributed by atoms with Gasteiger partial charge in [0.05, 0.1) is 6.04 Å². The van der Waals surface area contributed by atoms with Crippen molar-refractivity contribution < 1.29 is 4.79 Å². The van der Waals surface area contributed by atoms with Crippen LogP contribution in [-0.4, -0.2) is 41.5 Å². The first kappa shape index (κ1) is 12.8. The topological polar surface area (TPSA) is 58.4 Å². The number of carbonyl (C=O) groups excluding carboxylic acids is 1. The van der Waals surface area contributed by atoms with E-state index < -0.39 is 0 Å². The smallest absolute Gasteiger partial charge is 0.237 e. The maximum atomic E-state index is 11.9. The van der Waals surface area contributed by atoms with E-state index in [1.807, 2.05) is 13.8 Å². The molecule has 0 aromatic carbocycles. The molecule has 2 rings (SSSR count).